The Morgan fingerprint density at radius 1 is 1.02 bits per heavy atom. The SMILES string of the molecule is COC(=O)NC(C(=O)N(C)[C@@H]1CCc2cc(NC(=O)[C@@H](NC(=O)c3ccnn3C(C)C)C(C3CC3)C3CC3)ccc21)C(F)(F)F. The summed E-state index contributed by atoms with van der Waals surface area (Å²) in [5, 5.41) is 11.8. The summed E-state index contributed by atoms with van der Waals surface area (Å²) in [4.78, 5) is 52.6. The summed E-state index contributed by atoms with van der Waals surface area (Å²) in [6, 6.07) is 2.53. The first-order valence-electron chi connectivity index (χ1n) is 15.3. The molecule has 244 valence electrons. The van der Waals surface area contributed by atoms with E-state index < -0.39 is 36.3 Å². The number of ether oxygens (including phenoxy) is 1. The van der Waals surface area contributed by atoms with Crippen molar-refractivity contribution in [3.8, 4) is 0 Å². The van der Waals surface area contributed by atoms with Crippen LogP contribution in [0.4, 0.5) is 23.7 Å². The number of methoxy groups -OCH3 is 1. The number of hydrogen-bond donors (Lipinski definition) is 3. The van der Waals surface area contributed by atoms with Crippen molar-refractivity contribution in [1.82, 2.24) is 25.3 Å². The molecular weight excluding hydrogens is 593 g/mol. The van der Waals surface area contributed by atoms with Crippen LogP contribution in [0.2, 0.25) is 0 Å². The molecule has 0 aliphatic heterocycles. The van der Waals surface area contributed by atoms with Crippen LogP contribution in [0.1, 0.15) is 79.7 Å². The number of nitrogens with zero attached hydrogens (tertiary/aromatic N) is 3. The van der Waals surface area contributed by atoms with Crippen molar-refractivity contribution < 1.29 is 37.1 Å². The highest BCUT2D eigenvalue weighted by Gasteiger charge is 2.50. The van der Waals surface area contributed by atoms with Crippen LogP contribution in [0.3, 0.4) is 0 Å². The molecule has 0 bridgehead atoms. The van der Waals surface area contributed by atoms with Gasteiger partial charge in [-0.15, -0.1) is 0 Å². The van der Waals surface area contributed by atoms with E-state index in [1.54, 1.807) is 40.5 Å². The molecule has 1 aromatic carbocycles. The number of carbonyl (C=O) groups excluding carboxylic acids is 4. The second-order valence-corrected chi connectivity index (χ2v) is 12.5. The quantitative estimate of drug-likeness (QED) is 0.337. The number of fused-ring (bicyclic) bond motifs is 1. The van der Waals surface area contributed by atoms with Crippen molar-refractivity contribution in [3.63, 3.8) is 0 Å². The number of aryl methyl sites for hydroxylation is 1. The molecule has 1 unspecified atom stereocenters. The molecule has 1 aromatic heterocycles. The lowest BCUT2D eigenvalue weighted by Gasteiger charge is -2.30. The molecule has 2 fully saturated rings. The number of rotatable bonds is 11. The smallest absolute Gasteiger partial charge is 0.417 e. The van der Waals surface area contributed by atoms with Crippen LogP contribution in [0.25, 0.3) is 0 Å². The molecular formula is C31H39F3N6O5. The Labute approximate surface area is 259 Å². The molecule has 4 amide bonds. The molecule has 3 aliphatic carbocycles. The Morgan fingerprint density at radius 2 is 1.69 bits per heavy atom. The minimum absolute atomic E-state index is 0.0167. The lowest BCUT2D eigenvalue weighted by atomic mass is 9.88. The second kappa shape index (κ2) is 12.7. The van der Waals surface area contributed by atoms with E-state index >= 15 is 0 Å². The van der Waals surface area contributed by atoms with E-state index in [9.17, 15) is 32.3 Å². The van der Waals surface area contributed by atoms with Crippen molar-refractivity contribution in [2.24, 2.45) is 17.8 Å². The molecule has 45 heavy (non-hydrogen) atoms. The Bertz CT molecular complexity index is 1440. The maximum atomic E-state index is 13.8. The van der Waals surface area contributed by atoms with Gasteiger partial charge in [0, 0.05) is 25.0 Å². The fourth-order valence-electron chi connectivity index (χ4n) is 6.46. The van der Waals surface area contributed by atoms with Crippen LogP contribution in [0.5, 0.6) is 0 Å². The number of carbonyl (C=O) groups is 4. The van der Waals surface area contributed by atoms with Crippen molar-refractivity contribution in [2.75, 3.05) is 19.5 Å². The maximum absolute atomic E-state index is 13.8. The molecule has 0 spiro atoms. The van der Waals surface area contributed by atoms with Gasteiger partial charge in [-0.05, 0) is 99.5 Å². The fourth-order valence-corrected chi connectivity index (χ4v) is 6.46. The standard InChI is InChI=1S/C31H39F3N6O5/c1-16(2)40-23(13-14-35-40)27(41)37-25(24(17-5-6-17)18-7-8-18)28(42)36-20-10-11-21-19(15-20)9-12-22(21)39(3)29(43)26(31(32,33)34)38-30(44)45-4/h10-11,13-18,22,24-26H,5-9,12H2,1-4H3,(H,36,42)(H,37,41)(H,38,44)/t22-,25+,26?/m1/s1. The number of alkyl halides is 3. The lowest BCUT2D eigenvalue weighted by Crippen LogP contribution is -2.55. The van der Waals surface area contributed by atoms with E-state index in [4.69, 9.17) is 0 Å². The highest BCUT2D eigenvalue weighted by atomic mass is 19.4. The first-order chi connectivity index (χ1) is 21.3. The number of nitrogens with one attached hydrogen (secondary N) is 3. The van der Waals surface area contributed by atoms with E-state index in [2.05, 4.69) is 20.5 Å². The van der Waals surface area contributed by atoms with Gasteiger partial charge in [-0.2, -0.15) is 18.3 Å². The summed E-state index contributed by atoms with van der Waals surface area (Å²) in [7, 11) is 2.18. The van der Waals surface area contributed by atoms with Gasteiger partial charge in [0.15, 0.2) is 0 Å². The largest absolute Gasteiger partial charge is 0.453 e. The Balaban J connectivity index is 1.32. The molecule has 3 aliphatic rings. The molecule has 3 atom stereocenters. The van der Waals surface area contributed by atoms with Gasteiger partial charge in [0.2, 0.25) is 11.9 Å². The van der Waals surface area contributed by atoms with Crippen LogP contribution in [0, 0.1) is 17.8 Å². The van der Waals surface area contributed by atoms with Gasteiger partial charge >= 0.3 is 12.3 Å². The zero-order chi connectivity index (χ0) is 32.6. The van der Waals surface area contributed by atoms with E-state index in [1.807, 2.05) is 13.8 Å². The molecule has 5 rings (SSSR count). The molecule has 14 heteroatoms. The van der Waals surface area contributed by atoms with Gasteiger partial charge < -0.3 is 25.6 Å². The van der Waals surface area contributed by atoms with Gasteiger partial charge in [-0.1, -0.05) is 6.07 Å². The minimum Gasteiger partial charge on any atom is -0.453 e. The molecule has 3 N–H and O–H groups in total. The Morgan fingerprint density at radius 3 is 2.27 bits per heavy atom. The maximum Gasteiger partial charge on any atom is 0.417 e. The summed E-state index contributed by atoms with van der Waals surface area (Å²) in [6.45, 7) is 3.84. The lowest BCUT2D eigenvalue weighted by molar-refractivity contribution is -0.175. The summed E-state index contributed by atoms with van der Waals surface area (Å²) in [5.41, 5.74) is 2.31. The molecule has 2 saturated carbocycles. The third kappa shape index (κ3) is 7.09. The number of amides is 4. The van der Waals surface area contributed by atoms with E-state index in [0.29, 0.717) is 41.6 Å². The van der Waals surface area contributed by atoms with Crippen LogP contribution in [-0.4, -0.2) is 70.9 Å². The van der Waals surface area contributed by atoms with Crippen molar-refractivity contribution in [3.05, 3.63) is 47.3 Å². The number of halogens is 3. The average Bonchev–Trinajstić information content (AvgIpc) is 3.92. The van der Waals surface area contributed by atoms with Crippen LogP contribution in [0.15, 0.2) is 30.5 Å². The third-order valence-electron chi connectivity index (χ3n) is 8.97. The second-order valence-electron chi connectivity index (χ2n) is 12.5. The molecule has 1 heterocycles. The van der Waals surface area contributed by atoms with Gasteiger partial charge in [0.25, 0.3) is 11.8 Å². The Kier molecular flexibility index (Phi) is 9.13. The molecule has 2 aromatic rings. The number of aromatic nitrogens is 2. The molecule has 0 saturated heterocycles. The first-order valence-corrected chi connectivity index (χ1v) is 15.3. The van der Waals surface area contributed by atoms with Gasteiger partial charge in [0.1, 0.15) is 11.7 Å². The zero-order valence-corrected chi connectivity index (χ0v) is 25.7. The van der Waals surface area contributed by atoms with Crippen LogP contribution < -0.4 is 16.0 Å². The van der Waals surface area contributed by atoms with Crippen molar-refractivity contribution in [1.29, 1.82) is 0 Å². The molecule has 0 radical (unpaired) electrons. The van der Waals surface area contributed by atoms with Gasteiger partial charge in [0.05, 0.1) is 13.2 Å². The van der Waals surface area contributed by atoms with Gasteiger partial charge in [-0.3, -0.25) is 19.1 Å². The van der Waals surface area contributed by atoms with E-state index in [0.717, 1.165) is 43.3 Å². The Hall–Kier alpha value is -4.10. The third-order valence-corrected chi connectivity index (χ3v) is 8.97. The number of anilines is 1. The van der Waals surface area contributed by atoms with Gasteiger partial charge in [-0.25, -0.2) is 4.79 Å². The topological polar surface area (TPSA) is 135 Å². The van der Waals surface area contributed by atoms with Crippen LogP contribution in [-0.2, 0) is 20.7 Å². The predicted octanol–water partition coefficient (Wildman–Crippen LogP) is 4.37. The van der Waals surface area contributed by atoms with E-state index in [1.165, 1.54) is 7.05 Å². The monoisotopic (exact) mass is 632 g/mol. The number of likely N-dealkylation sites (N-methyl/N-ethyl adjacent to an activating group) is 1. The van der Waals surface area contributed by atoms with Crippen molar-refractivity contribution in [2.45, 2.75) is 82.7 Å². The normalized spacial score (nSPS) is 19.1. The average molecular weight is 633 g/mol. The van der Waals surface area contributed by atoms with E-state index in [-0.39, 0.29) is 23.8 Å². The first kappa shape index (κ1) is 32.3. The summed E-state index contributed by atoms with van der Waals surface area (Å²) in [6.07, 6.45) is 0.0720. The highest BCUT2D eigenvalue weighted by molar-refractivity contribution is 6.01. The fraction of sp³-hybridized carbons (Fsp3) is 0.581. The summed E-state index contributed by atoms with van der Waals surface area (Å²) < 4.78 is 46.8. The van der Waals surface area contributed by atoms with Crippen molar-refractivity contribution >= 4 is 29.5 Å². The number of hydrogen-bond acceptors (Lipinski definition) is 6. The summed E-state index contributed by atoms with van der Waals surface area (Å²) >= 11 is 0. The highest BCUT2D eigenvalue weighted by Crippen LogP contribution is 2.51. The molecule has 11 nitrogen and oxygen atoms in total. The zero-order valence-electron chi connectivity index (χ0n) is 25.7. The van der Waals surface area contributed by atoms with Crippen LogP contribution >= 0.6 is 0 Å². The minimum atomic E-state index is -5.02. The predicted molar refractivity (Wildman–Crippen MR) is 157 cm³/mol. The summed E-state index contributed by atoms with van der Waals surface area (Å²) in [5.74, 6) is -1.25. The number of alkyl carbamates (subject to hydrolysis) is 1. The number of benzene rings is 1.